The third kappa shape index (κ3) is 16.2. The van der Waals surface area contributed by atoms with Gasteiger partial charge in [0.2, 0.25) is 6.79 Å². The van der Waals surface area contributed by atoms with Gasteiger partial charge in [-0.2, -0.15) is 0 Å². The number of carbonyl (C=O) groups excluding carboxylic acids is 5. The van der Waals surface area contributed by atoms with Gasteiger partial charge in [0.1, 0.15) is 11.5 Å². The molecule has 6 aliphatic rings. The van der Waals surface area contributed by atoms with Gasteiger partial charge in [-0.1, -0.05) is 103 Å². The van der Waals surface area contributed by atoms with Crippen LogP contribution in [0, 0.1) is 6.92 Å². The first-order valence-corrected chi connectivity index (χ1v) is 34.9. The fraction of sp³-hybridized carbons (Fsp3) is 0.235. The quantitative estimate of drug-likeness (QED) is 0.0899. The van der Waals surface area contributed by atoms with E-state index in [1.807, 2.05) is 136 Å². The van der Waals surface area contributed by atoms with E-state index in [-0.39, 0.29) is 36.3 Å². The number of carbonyl (C=O) groups is 5. The summed E-state index contributed by atoms with van der Waals surface area (Å²) in [4.78, 5) is 109. The van der Waals surface area contributed by atoms with Crippen molar-refractivity contribution >= 4 is 29.5 Å². The number of hydrogen-bond donors (Lipinski definition) is 5. The summed E-state index contributed by atoms with van der Waals surface area (Å²) in [5.74, 6) is 2.75. The number of aryl methyl sites for hydroxylation is 1. The third-order valence-electron chi connectivity index (χ3n) is 19.2. The minimum Gasteiger partial charge on any atom is -0.497 e. The molecule has 5 N–H and O–H groups in total. The normalized spacial score (nSPS) is 14.3. The number of nitrogens with zero attached hydrogens (tertiary/aromatic N) is 10. The van der Waals surface area contributed by atoms with Crippen LogP contribution in [0.2, 0.25) is 0 Å². The Labute approximate surface area is 606 Å². The summed E-state index contributed by atoms with van der Waals surface area (Å²) >= 11 is 0. The minimum absolute atomic E-state index is 0.00329. The molecule has 11 heterocycles. The van der Waals surface area contributed by atoms with Crippen LogP contribution >= 0.6 is 0 Å². The van der Waals surface area contributed by atoms with E-state index < -0.39 is 0 Å². The summed E-state index contributed by atoms with van der Waals surface area (Å²) < 4.78 is 21.0. The molecule has 0 saturated heterocycles. The number of nitrogens with one attached hydrogen (secondary N) is 5. The molecule has 532 valence electrons. The highest BCUT2D eigenvalue weighted by Crippen LogP contribution is 2.34. The Hall–Kier alpha value is -12.9. The first-order valence-electron chi connectivity index (χ1n) is 34.9. The van der Waals surface area contributed by atoms with E-state index >= 15 is 0 Å². The largest absolute Gasteiger partial charge is 0.497 e. The molecule has 24 heteroatoms. The molecule has 18 rings (SSSR count). The fourth-order valence-corrected chi connectivity index (χ4v) is 13.5. The first-order chi connectivity index (χ1) is 51.4. The summed E-state index contributed by atoms with van der Waals surface area (Å²) in [6, 6.07) is 54.2. The van der Waals surface area contributed by atoms with Gasteiger partial charge in [-0.15, -0.1) is 0 Å². The first kappa shape index (κ1) is 69.2. The van der Waals surface area contributed by atoms with Crippen molar-refractivity contribution in [3.05, 3.63) is 292 Å². The third-order valence-corrected chi connectivity index (χ3v) is 19.2. The summed E-state index contributed by atoms with van der Waals surface area (Å²) in [5, 5.41) is 0. The van der Waals surface area contributed by atoms with Gasteiger partial charge < -0.3 is 68.4 Å². The van der Waals surface area contributed by atoms with Crippen LogP contribution < -0.4 is 18.9 Å². The Morgan fingerprint density at radius 2 is 0.676 bits per heavy atom. The molecular formula is C81H79N15O9. The number of methoxy groups -OCH3 is 2. The number of fused-ring (bicyclic) bond motifs is 6. The van der Waals surface area contributed by atoms with Crippen molar-refractivity contribution in [2.45, 2.75) is 71.8 Å². The molecule has 12 aromatic rings. The molecule has 0 atom stereocenters. The standard InChI is InChI=1S/2C19H17N3O.C15H17N3O3.C14H13N3O3.C14H15N3O/c23-19(22-10-9-17-18(12-22)21-13-20-17)16-8-4-7-15(11-16)14-5-2-1-3-6-14;23-19(22-11-10-17-18(12-22)21-13-20-17)16-8-6-15(7-9-16)14-4-2-1-3-5-14;1-20-11-5-10(6-12(7-11)21-2)15(19)18-4-3-13-14(8-18)17-9-16-13;18-14(9-1-2-12-13(5-9)20-8-19-12)17-4-3-10-11(6-17)16-7-15-10;1-10-3-2-4-11(7-10)14(18)17-6-5-12-13(8-17)16-9-15-12/h1-8,11,13H,9-10,12H2,(H,20,21);1-9,13H,10-12H2,(H,20,21);5-7,9H,3-4,8H2,1-2H3,(H,16,17);1-2,5,7H,3-4,6,8H2,(H,15,16);2-4,7,9H,5-6,8H2,1H3,(H,15,16). The van der Waals surface area contributed by atoms with Crippen LogP contribution in [0.1, 0.15) is 114 Å². The number of ether oxygens (including phenoxy) is 4. The van der Waals surface area contributed by atoms with Gasteiger partial charge in [0.05, 0.1) is 136 Å². The summed E-state index contributed by atoms with van der Waals surface area (Å²) in [5.41, 5.74) is 19.5. The number of rotatable bonds is 9. The number of amides is 5. The second-order valence-corrected chi connectivity index (χ2v) is 26.0. The van der Waals surface area contributed by atoms with Crippen molar-refractivity contribution in [2.24, 2.45) is 0 Å². The Morgan fingerprint density at radius 3 is 1.10 bits per heavy atom. The SMILES string of the molecule is COc1cc(OC)cc(C(=O)N2CCc3nc[nH]c3C2)c1.Cc1cccc(C(=O)N2CCc3nc[nH]c3C2)c1.O=C(c1ccc(-c2ccccc2)cc1)N1CCc2nc[nH]c2C1.O=C(c1ccc2c(c1)OCO2)N1CCc2nc[nH]c2C1.O=C(c1cccc(-c2ccccc2)c1)N1CCc2nc[nH]c2C1. The lowest BCUT2D eigenvalue weighted by molar-refractivity contribution is 0.0724. The summed E-state index contributed by atoms with van der Waals surface area (Å²) in [6.07, 6.45) is 12.5. The molecule has 5 amide bonds. The molecule has 5 aromatic heterocycles. The predicted molar refractivity (Wildman–Crippen MR) is 392 cm³/mol. The summed E-state index contributed by atoms with van der Waals surface area (Å²) in [7, 11) is 3.14. The van der Waals surface area contributed by atoms with E-state index in [0.29, 0.717) is 86.5 Å². The van der Waals surface area contributed by atoms with E-state index in [9.17, 15) is 24.0 Å². The highest BCUT2D eigenvalue weighted by Gasteiger charge is 2.29. The van der Waals surface area contributed by atoms with Gasteiger partial charge in [-0.25, -0.2) is 24.9 Å². The molecule has 6 aliphatic heterocycles. The minimum atomic E-state index is -0.0348. The van der Waals surface area contributed by atoms with Crippen molar-refractivity contribution < 1.29 is 42.9 Å². The lowest BCUT2D eigenvalue weighted by Gasteiger charge is -2.26. The lowest BCUT2D eigenvalue weighted by atomic mass is 10.0. The molecular weight excluding hydrogens is 1330 g/mol. The topological polar surface area (TPSA) is 282 Å². The van der Waals surface area contributed by atoms with Gasteiger partial charge in [0.15, 0.2) is 11.5 Å². The number of hydrogen-bond acceptors (Lipinski definition) is 14. The number of benzene rings is 7. The number of aromatic amines is 5. The van der Waals surface area contributed by atoms with Crippen molar-refractivity contribution in [1.29, 1.82) is 0 Å². The highest BCUT2D eigenvalue weighted by atomic mass is 16.7. The van der Waals surface area contributed by atoms with Gasteiger partial charge in [0, 0.05) is 98.7 Å². The molecule has 0 unspecified atom stereocenters. The average molecular weight is 1410 g/mol. The Bertz CT molecular complexity index is 5020. The molecule has 0 aliphatic carbocycles. The monoisotopic (exact) mass is 1410 g/mol. The molecule has 24 nitrogen and oxygen atoms in total. The van der Waals surface area contributed by atoms with Crippen LogP contribution in [0.4, 0.5) is 0 Å². The molecule has 0 spiro atoms. The maximum atomic E-state index is 12.8. The van der Waals surface area contributed by atoms with Crippen LogP contribution in [0.25, 0.3) is 22.3 Å². The van der Waals surface area contributed by atoms with Crippen molar-refractivity contribution in [1.82, 2.24) is 74.3 Å². The Morgan fingerprint density at radius 1 is 0.333 bits per heavy atom. The number of aromatic nitrogens is 10. The van der Waals surface area contributed by atoms with Crippen LogP contribution in [0.3, 0.4) is 0 Å². The van der Waals surface area contributed by atoms with E-state index in [1.165, 1.54) is 0 Å². The molecule has 0 bridgehead atoms. The van der Waals surface area contributed by atoms with Crippen LogP contribution in [0.15, 0.2) is 201 Å². The Kier molecular flexibility index (Phi) is 21.1. The molecule has 0 radical (unpaired) electrons. The maximum Gasteiger partial charge on any atom is 0.254 e. The zero-order valence-electron chi connectivity index (χ0n) is 58.5. The molecule has 0 saturated carbocycles. The van der Waals surface area contributed by atoms with Crippen LogP contribution in [-0.4, -0.2) is 158 Å². The van der Waals surface area contributed by atoms with Crippen molar-refractivity contribution in [3.8, 4) is 45.3 Å². The van der Waals surface area contributed by atoms with Gasteiger partial charge in [-0.3, -0.25) is 24.0 Å². The van der Waals surface area contributed by atoms with E-state index in [1.54, 1.807) is 87.2 Å². The van der Waals surface area contributed by atoms with Gasteiger partial charge in [-0.05, 0) is 95.9 Å². The summed E-state index contributed by atoms with van der Waals surface area (Å²) in [6.45, 7) is 8.69. The smallest absolute Gasteiger partial charge is 0.254 e. The second kappa shape index (κ2) is 32.0. The highest BCUT2D eigenvalue weighted by molar-refractivity contribution is 5.98. The molecule has 7 aromatic carbocycles. The van der Waals surface area contributed by atoms with Gasteiger partial charge >= 0.3 is 0 Å². The average Bonchev–Trinajstić information content (AvgIpc) is 1.81. The molecule has 105 heavy (non-hydrogen) atoms. The zero-order valence-corrected chi connectivity index (χ0v) is 58.5. The van der Waals surface area contributed by atoms with Crippen molar-refractivity contribution in [3.63, 3.8) is 0 Å². The van der Waals surface area contributed by atoms with Crippen LogP contribution in [-0.2, 0) is 64.8 Å². The van der Waals surface area contributed by atoms with Gasteiger partial charge in [0.25, 0.3) is 29.5 Å². The molecule has 0 fully saturated rings. The fourth-order valence-electron chi connectivity index (χ4n) is 13.5. The number of imidazole rings is 5. The van der Waals surface area contributed by atoms with Crippen LogP contribution in [0.5, 0.6) is 23.0 Å². The van der Waals surface area contributed by atoms with E-state index in [2.05, 4.69) is 74.1 Å². The second-order valence-electron chi connectivity index (χ2n) is 26.0. The number of H-pyrrole nitrogens is 5. The predicted octanol–water partition coefficient (Wildman–Crippen LogP) is 11.4. The van der Waals surface area contributed by atoms with E-state index in [4.69, 9.17) is 18.9 Å². The lowest BCUT2D eigenvalue weighted by Crippen LogP contribution is -2.36. The Balaban J connectivity index is 0.000000111. The van der Waals surface area contributed by atoms with E-state index in [0.717, 1.165) is 147 Å². The maximum absolute atomic E-state index is 12.8. The van der Waals surface area contributed by atoms with Crippen molar-refractivity contribution in [2.75, 3.05) is 53.7 Å². The zero-order chi connectivity index (χ0) is 72.2.